The van der Waals surface area contributed by atoms with E-state index >= 15 is 0 Å². The third-order valence-electron chi connectivity index (χ3n) is 4.61. The standard InChI is InChI=1S/C22H22N2O2/c1-15-2-8-21-20(12-15)17(13-24-21)10-11-23-14-19-7-9-22(26-19)16-3-5-18(25)6-4-16/h2-9,12-13,23-25H,10-11,14H2,1H3. The zero-order valence-electron chi connectivity index (χ0n) is 14.8. The normalized spacial score (nSPS) is 11.3. The molecule has 2 aromatic heterocycles. The fourth-order valence-corrected chi connectivity index (χ4v) is 3.19. The van der Waals surface area contributed by atoms with E-state index in [1.807, 2.05) is 24.3 Å². The van der Waals surface area contributed by atoms with E-state index in [-0.39, 0.29) is 5.75 Å². The molecule has 0 bridgehead atoms. The summed E-state index contributed by atoms with van der Waals surface area (Å²) in [5.41, 5.74) is 4.77. The molecule has 4 aromatic rings. The van der Waals surface area contributed by atoms with Crippen molar-refractivity contribution in [3.63, 3.8) is 0 Å². The first-order chi connectivity index (χ1) is 12.7. The Morgan fingerprint density at radius 2 is 1.88 bits per heavy atom. The van der Waals surface area contributed by atoms with Gasteiger partial charge in [0.05, 0.1) is 6.54 Å². The van der Waals surface area contributed by atoms with Crippen LogP contribution in [0.1, 0.15) is 16.9 Å². The zero-order valence-corrected chi connectivity index (χ0v) is 14.8. The number of aromatic nitrogens is 1. The SMILES string of the molecule is Cc1ccc2[nH]cc(CCNCc3ccc(-c4ccc(O)cc4)o3)c2c1. The molecular formula is C22H22N2O2. The van der Waals surface area contributed by atoms with Crippen molar-refractivity contribution in [1.29, 1.82) is 0 Å². The predicted molar refractivity (Wildman–Crippen MR) is 104 cm³/mol. The van der Waals surface area contributed by atoms with Gasteiger partial charge in [0.1, 0.15) is 17.3 Å². The maximum Gasteiger partial charge on any atom is 0.134 e. The maximum atomic E-state index is 9.37. The molecule has 4 heteroatoms. The number of H-pyrrole nitrogens is 1. The van der Waals surface area contributed by atoms with E-state index in [4.69, 9.17) is 4.42 Å². The quantitative estimate of drug-likeness (QED) is 0.441. The summed E-state index contributed by atoms with van der Waals surface area (Å²) in [6.07, 6.45) is 3.07. The van der Waals surface area contributed by atoms with Crippen LogP contribution in [0.4, 0.5) is 0 Å². The molecule has 0 spiro atoms. The molecule has 2 heterocycles. The summed E-state index contributed by atoms with van der Waals surface area (Å²) in [4.78, 5) is 3.34. The summed E-state index contributed by atoms with van der Waals surface area (Å²) < 4.78 is 5.88. The molecule has 0 atom stereocenters. The fourth-order valence-electron chi connectivity index (χ4n) is 3.19. The largest absolute Gasteiger partial charge is 0.508 e. The first kappa shape index (κ1) is 16.5. The summed E-state index contributed by atoms with van der Waals surface area (Å²) in [7, 11) is 0. The molecule has 2 aromatic carbocycles. The minimum atomic E-state index is 0.259. The number of hydrogen-bond donors (Lipinski definition) is 3. The predicted octanol–water partition coefficient (Wildman–Crippen LogP) is 4.77. The molecule has 0 unspecified atom stereocenters. The van der Waals surface area contributed by atoms with Gasteiger partial charge in [-0.25, -0.2) is 0 Å². The van der Waals surface area contributed by atoms with E-state index in [1.54, 1.807) is 12.1 Å². The molecule has 0 aliphatic rings. The summed E-state index contributed by atoms with van der Waals surface area (Å²) in [6.45, 7) is 3.70. The van der Waals surface area contributed by atoms with Crippen LogP contribution in [0.15, 0.2) is 65.2 Å². The van der Waals surface area contributed by atoms with E-state index in [1.165, 1.54) is 22.0 Å². The maximum absolute atomic E-state index is 9.37. The highest BCUT2D eigenvalue weighted by Gasteiger charge is 2.06. The van der Waals surface area contributed by atoms with Gasteiger partial charge in [-0.05, 0) is 74.0 Å². The third kappa shape index (κ3) is 3.51. The third-order valence-corrected chi connectivity index (χ3v) is 4.61. The van der Waals surface area contributed by atoms with Gasteiger partial charge in [-0.15, -0.1) is 0 Å². The Balaban J connectivity index is 1.33. The second-order valence-corrected chi connectivity index (χ2v) is 6.60. The smallest absolute Gasteiger partial charge is 0.134 e. The second-order valence-electron chi connectivity index (χ2n) is 6.60. The van der Waals surface area contributed by atoms with E-state index in [0.29, 0.717) is 6.54 Å². The summed E-state index contributed by atoms with van der Waals surface area (Å²) >= 11 is 0. The van der Waals surface area contributed by atoms with Crippen LogP contribution < -0.4 is 5.32 Å². The number of phenols is 1. The van der Waals surface area contributed by atoms with Crippen molar-refractivity contribution < 1.29 is 9.52 Å². The molecule has 0 saturated heterocycles. The highest BCUT2D eigenvalue weighted by atomic mass is 16.3. The van der Waals surface area contributed by atoms with Crippen molar-refractivity contribution >= 4 is 10.9 Å². The summed E-state index contributed by atoms with van der Waals surface area (Å²) in [6, 6.07) is 17.5. The van der Waals surface area contributed by atoms with Crippen LogP contribution in [0.25, 0.3) is 22.2 Å². The molecule has 132 valence electrons. The van der Waals surface area contributed by atoms with Gasteiger partial charge in [0.2, 0.25) is 0 Å². The Morgan fingerprint density at radius 3 is 2.73 bits per heavy atom. The summed E-state index contributed by atoms with van der Waals surface area (Å²) in [5, 5.41) is 14.1. The highest BCUT2D eigenvalue weighted by Crippen LogP contribution is 2.24. The Kier molecular flexibility index (Phi) is 4.50. The average Bonchev–Trinajstić information content (AvgIpc) is 3.26. The van der Waals surface area contributed by atoms with E-state index < -0.39 is 0 Å². The molecule has 26 heavy (non-hydrogen) atoms. The lowest BCUT2D eigenvalue weighted by Crippen LogP contribution is -2.16. The van der Waals surface area contributed by atoms with Gasteiger partial charge in [-0.2, -0.15) is 0 Å². The molecular weight excluding hydrogens is 324 g/mol. The van der Waals surface area contributed by atoms with Gasteiger partial charge in [0.25, 0.3) is 0 Å². The minimum Gasteiger partial charge on any atom is -0.508 e. The molecule has 0 radical (unpaired) electrons. The molecule has 0 aliphatic carbocycles. The van der Waals surface area contributed by atoms with Crippen LogP contribution >= 0.6 is 0 Å². The van der Waals surface area contributed by atoms with Crippen molar-refractivity contribution in [1.82, 2.24) is 10.3 Å². The first-order valence-corrected chi connectivity index (χ1v) is 8.84. The monoisotopic (exact) mass is 346 g/mol. The highest BCUT2D eigenvalue weighted by molar-refractivity contribution is 5.83. The van der Waals surface area contributed by atoms with Crippen molar-refractivity contribution in [2.45, 2.75) is 19.9 Å². The molecule has 0 amide bonds. The number of fused-ring (bicyclic) bond motifs is 1. The Morgan fingerprint density at radius 1 is 1.04 bits per heavy atom. The molecule has 3 N–H and O–H groups in total. The zero-order chi connectivity index (χ0) is 17.9. The number of aromatic hydroxyl groups is 1. The van der Waals surface area contributed by atoms with E-state index in [0.717, 1.165) is 30.0 Å². The number of hydrogen-bond acceptors (Lipinski definition) is 3. The number of nitrogens with one attached hydrogen (secondary N) is 2. The lowest BCUT2D eigenvalue weighted by Gasteiger charge is -2.03. The fraction of sp³-hybridized carbons (Fsp3) is 0.182. The molecule has 0 fully saturated rings. The van der Waals surface area contributed by atoms with Crippen molar-refractivity contribution in [2.24, 2.45) is 0 Å². The number of rotatable bonds is 6. The van der Waals surface area contributed by atoms with Gasteiger partial charge in [0.15, 0.2) is 0 Å². The number of benzene rings is 2. The second kappa shape index (κ2) is 7.10. The van der Waals surface area contributed by atoms with Crippen LogP contribution in [0.2, 0.25) is 0 Å². The first-order valence-electron chi connectivity index (χ1n) is 8.84. The van der Waals surface area contributed by atoms with Crippen LogP contribution in [0.5, 0.6) is 5.75 Å². The number of aromatic amines is 1. The average molecular weight is 346 g/mol. The van der Waals surface area contributed by atoms with Crippen molar-refractivity contribution in [3.05, 3.63) is 77.7 Å². The Labute approximate surface area is 152 Å². The van der Waals surface area contributed by atoms with Gasteiger partial charge in [-0.1, -0.05) is 11.6 Å². The molecule has 0 aliphatic heterocycles. The van der Waals surface area contributed by atoms with E-state index in [2.05, 4.69) is 41.6 Å². The van der Waals surface area contributed by atoms with Crippen LogP contribution in [0.3, 0.4) is 0 Å². The lowest BCUT2D eigenvalue weighted by molar-refractivity contribution is 0.475. The molecule has 4 rings (SSSR count). The van der Waals surface area contributed by atoms with Gasteiger partial charge in [0, 0.05) is 22.7 Å². The number of phenolic OH excluding ortho intramolecular Hbond substituents is 1. The topological polar surface area (TPSA) is 61.2 Å². The number of aryl methyl sites for hydroxylation is 1. The van der Waals surface area contributed by atoms with Crippen LogP contribution in [-0.4, -0.2) is 16.6 Å². The van der Waals surface area contributed by atoms with Crippen LogP contribution in [-0.2, 0) is 13.0 Å². The molecule has 4 nitrogen and oxygen atoms in total. The van der Waals surface area contributed by atoms with Gasteiger partial charge < -0.3 is 19.8 Å². The summed E-state index contributed by atoms with van der Waals surface area (Å²) in [5.74, 6) is 1.98. The van der Waals surface area contributed by atoms with Crippen molar-refractivity contribution in [3.8, 4) is 17.1 Å². The lowest BCUT2D eigenvalue weighted by atomic mass is 10.1. The number of furan rings is 1. The Hall–Kier alpha value is -2.98. The Bertz CT molecular complexity index is 1010. The van der Waals surface area contributed by atoms with Crippen molar-refractivity contribution in [2.75, 3.05) is 6.54 Å². The van der Waals surface area contributed by atoms with Crippen LogP contribution in [0, 0.1) is 6.92 Å². The van der Waals surface area contributed by atoms with E-state index in [9.17, 15) is 5.11 Å². The van der Waals surface area contributed by atoms with Gasteiger partial charge in [-0.3, -0.25) is 0 Å². The minimum absolute atomic E-state index is 0.259. The molecule has 0 saturated carbocycles. The van der Waals surface area contributed by atoms with Gasteiger partial charge >= 0.3 is 0 Å².